The Kier molecular flexibility index (Phi) is 3.97. The molecule has 20 heavy (non-hydrogen) atoms. The molecule has 0 bridgehead atoms. The standard InChI is InChI=1S/C13H11F3N2OS/c1-9-4-5-18(8-9)20(19)12-3-2-11(13(14,15)16)6-10(12)7-17/h2-3,6H,1,4-5,8H2. The van der Waals surface area contributed by atoms with Crippen LogP contribution in [0.15, 0.2) is 35.2 Å². The van der Waals surface area contributed by atoms with Crippen LogP contribution < -0.4 is 0 Å². The Hall–Kier alpha value is -1.65. The fraction of sp³-hybridized carbons (Fsp3) is 0.308. The molecule has 1 aromatic rings. The summed E-state index contributed by atoms with van der Waals surface area (Å²) in [6.07, 6.45) is -3.82. The molecule has 1 atom stereocenters. The van der Waals surface area contributed by atoms with Gasteiger partial charge in [-0.15, -0.1) is 0 Å². The van der Waals surface area contributed by atoms with Crippen LogP contribution in [0.25, 0.3) is 0 Å². The van der Waals surface area contributed by atoms with Crippen LogP contribution in [0.2, 0.25) is 0 Å². The second kappa shape index (κ2) is 5.38. The second-order valence-corrected chi connectivity index (χ2v) is 5.89. The van der Waals surface area contributed by atoms with E-state index in [0.717, 1.165) is 23.8 Å². The Bertz CT molecular complexity index is 619. The van der Waals surface area contributed by atoms with Crippen molar-refractivity contribution in [2.75, 3.05) is 13.1 Å². The maximum absolute atomic E-state index is 12.6. The van der Waals surface area contributed by atoms with Crippen molar-refractivity contribution >= 4 is 11.0 Å². The van der Waals surface area contributed by atoms with Crippen LogP contribution in [-0.2, 0) is 17.2 Å². The fourth-order valence-electron chi connectivity index (χ4n) is 1.92. The smallest absolute Gasteiger partial charge is 0.237 e. The minimum Gasteiger partial charge on any atom is -0.237 e. The van der Waals surface area contributed by atoms with E-state index in [1.807, 2.05) is 0 Å². The lowest BCUT2D eigenvalue weighted by Crippen LogP contribution is -2.23. The number of nitrogens with zero attached hydrogens (tertiary/aromatic N) is 2. The molecule has 0 radical (unpaired) electrons. The lowest BCUT2D eigenvalue weighted by atomic mass is 10.1. The van der Waals surface area contributed by atoms with Crippen LogP contribution in [0.1, 0.15) is 17.5 Å². The molecular formula is C13H11F3N2OS. The van der Waals surface area contributed by atoms with Crippen LogP contribution in [0.4, 0.5) is 13.2 Å². The van der Waals surface area contributed by atoms with Crippen LogP contribution >= 0.6 is 0 Å². The summed E-state index contributed by atoms with van der Waals surface area (Å²) in [5, 5.41) is 8.96. The van der Waals surface area contributed by atoms with E-state index in [9.17, 15) is 17.4 Å². The van der Waals surface area contributed by atoms with E-state index >= 15 is 0 Å². The summed E-state index contributed by atoms with van der Waals surface area (Å²) >= 11 is 0. The number of halogens is 3. The second-order valence-electron chi connectivity index (χ2n) is 4.43. The monoisotopic (exact) mass is 300 g/mol. The van der Waals surface area contributed by atoms with Gasteiger partial charge in [0.25, 0.3) is 0 Å². The van der Waals surface area contributed by atoms with Gasteiger partial charge in [-0.3, -0.25) is 0 Å². The number of benzene rings is 1. The molecule has 106 valence electrons. The van der Waals surface area contributed by atoms with Gasteiger partial charge in [0.05, 0.1) is 16.0 Å². The van der Waals surface area contributed by atoms with E-state index in [-0.39, 0.29) is 10.5 Å². The molecule has 1 aliphatic heterocycles. The predicted octanol–water partition coefficient (Wildman–Crippen LogP) is 2.86. The van der Waals surface area contributed by atoms with Gasteiger partial charge in [-0.1, -0.05) is 12.2 Å². The Morgan fingerprint density at radius 1 is 1.40 bits per heavy atom. The summed E-state index contributed by atoms with van der Waals surface area (Å²) in [5.74, 6) is 0. The summed E-state index contributed by atoms with van der Waals surface area (Å²) in [7, 11) is -1.64. The van der Waals surface area contributed by atoms with E-state index < -0.39 is 22.7 Å². The van der Waals surface area contributed by atoms with Gasteiger partial charge in [0.2, 0.25) is 0 Å². The first-order valence-electron chi connectivity index (χ1n) is 5.78. The number of hydrogen-bond donors (Lipinski definition) is 0. The highest BCUT2D eigenvalue weighted by molar-refractivity contribution is 7.82. The SMILES string of the molecule is C=C1CCN(S(=O)c2ccc(C(F)(F)F)cc2C#N)C1. The van der Waals surface area contributed by atoms with Crippen LogP contribution in [0.5, 0.6) is 0 Å². The fourth-order valence-corrected chi connectivity index (χ4v) is 3.23. The van der Waals surface area contributed by atoms with Crippen molar-refractivity contribution in [3.05, 3.63) is 41.5 Å². The maximum atomic E-state index is 12.6. The van der Waals surface area contributed by atoms with Crippen molar-refractivity contribution in [3.8, 4) is 6.07 Å². The highest BCUT2D eigenvalue weighted by Gasteiger charge is 2.32. The molecule has 1 unspecified atom stereocenters. The third-order valence-corrected chi connectivity index (χ3v) is 4.48. The zero-order chi connectivity index (χ0) is 14.9. The molecule has 7 heteroatoms. The van der Waals surface area contributed by atoms with Gasteiger partial charge < -0.3 is 0 Å². The molecule has 0 aliphatic carbocycles. The van der Waals surface area contributed by atoms with Crippen LogP contribution in [0, 0.1) is 11.3 Å². The van der Waals surface area contributed by atoms with Crippen molar-refractivity contribution in [2.45, 2.75) is 17.5 Å². The topological polar surface area (TPSA) is 44.1 Å². The number of nitriles is 1. The van der Waals surface area contributed by atoms with E-state index in [4.69, 9.17) is 5.26 Å². The first-order valence-corrected chi connectivity index (χ1v) is 6.88. The highest BCUT2D eigenvalue weighted by Crippen LogP contribution is 2.32. The molecule has 0 spiro atoms. The van der Waals surface area contributed by atoms with E-state index in [2.05, 4.69) is 6.58 Å². The van der Waals surface area contributed by atoms with Gasteiger partial charge in [-0.05, 0) is 24.6 Å². The molecule has 1 aromatic carbocycles. The van der Waals surface area contributed by atoms with Gasteiger partial charge in [-0.25, -0.2) is 8.51 Å². The third-order valence-electron chi connectivity index (χ3n) is 2.96. The van der Waals surface area contributed by atoms with Gasteiger partial charge in [0.15, 0.2) is 0 Å². The molecule has 0 aromatic heterocycles. The molecular weight excluding hydrogens is 289 g/mol. The summed E-state index contributed by atoms with van der Waals surface area (Å²) in [6, 6.07) is 4.37. The Morgan fingerprint density at radius 3 is 2.60 bits per heavy atom. The summed E-state index contributed by atoms with van der Waals surface area (Å²) in [6.45, 7) is 4.73. The Labute approximate surface area is 116 Å². The zero-order valence-corrected chi connectivity index (χ0v) is 11.2. The molecule has 0 N–H and O–H groups in total. The minimum atomic E-state index is -4.52. The quantitative estimate of drug-likeness (QED) is 0.788. The van der Waals surface area contributed by atoms with Crippen LogP contribution in [0.3, 0.4) is 0 Å². The summed E-state index contributed by atoms with van der Waals surface area (Å²) in [4.78, 5) is 0.107. The molecule has 0 amide bonds. The molecule has 1 heterocycles. The largest absolute Gasteiger partial charge is 0.416 e. The van der Waals surface area contributed by atoms with E-state index in [1.165, 1.54) is 0 Å². The average molecular weight is 300 g/mol. The maximum Gasteiger partial charge on any atom is 0.416 e. The minimum absolute atomic E-state index is 0.107. The van der Waals surface area contributed by atoms with Crippen molar-refractivity contribution < 1.29 is 17.4 Å². The number of rotatable bonds is 2. The lowest BCUT2D eigenvalue weighted by Gasteiger charge is -2.15. The predicted molar refractivity (Wildman–Crippen MR) is 67.9 cm³/mol. The molecule has 0 saturated carbocycles. The highest BCUT2D eigenvalue weighted by atomic mass is 32.2. The third kappa shape index (κ3) is 2.92. The average Bonchev–Trinajstić information content (AvgIpc) is 2.82. The summed E-state index contributed by atoms with van der Waals surface area (Å²) < 4.78 is 51.6. The molecule has 1 saturated heterocycles. The summed E-state index contributed by atoms with van der Waals surface area (Å²) in [5.41, 5.74) is -0.208. The van der Waals surface area contributed by atoms with Crippen molar-refractivity contribution in [2.24, 2.45) is 0 Å². The van der Waals surface area contributed by atoms with Crippen LogP contribution in [-0.4, -0.2) is 21.6 Å². The Morgan fingerprint density at radius 2 is 2.10 bits per heavy atom. The molecule has 1 aliphatic rings. The van der Waals surface area contributed by atoms with Crippen molar-refractivity contribution in [1.29, 1.82) is 5.26 Å². The van der Waals surface area contributed by atoms with Crippen molar-refractivity contribution in [3.63, 3.8) is 0 Å². The van der Waals surface area contributed by atoms with E-state index in [1.54, 1.807) is 10.4 Å². The van der Waals surface area contributed by atoms with Gasteiger partial charge in [-0.2, -0.15) is 18.4 Å². The van der Waals surface area contributed by atoms with Gasteiger partial charge in [0, 0.05) is 13.1 Å². The lowest BCUT2D eigenvalue weighted by molar-refractivity contribution is -0.137. The van der Waals surface area contributed by atoms with Gasteiger partial charge in [0.1, 0.15) is 17.1 Å². The molecule has 1 fully saturated rings. The number of alkyl halides is 3. The Balaban J connectivity index is 2.35. The number of hydrogen-bond acceptors (Lipinski definition) is 2. The first-order chi connectivity index (χ1) is 9.32. The van der Waals surface area contributed by atoms with Crippen molar-refractivity contribution in [1.82, 2.24) is 4.31 Å². The van der Waals surface area contributed by atoms with Gasteiger partial charge >= 0.3 is 6.18 Å². The molecule has 3 nitrogen and oxygen atoms in total. The normalized spacial score (nSPS) is 18.0. The molecule has 2 rings (SSSR count). The first kappa shape index (κ1) is 14.8. The van der Waals surface area contributed by atoms with E-state index in [0.29, 0.717) is 19.5 Å². The zero-order valence-electron chi connectivity index (χ0n) is 10.4.